The van der Waals surface area contributed by atoms with Gasteiger partial charge < -0.3 is 25.1 Å². The quantitative estimate of drug-likeness (QED) is 0.0536. The number of unbranched alkanes of at least 4 members (excludes halogenated alkanes) is 6. The monoisotopic (exact) mass is 570 g/mol. The van der Waals surface area contributed by atoms with E-state index in [1.54, 1.807) is 0 Å². The summed E-state index contributed by atoms with van der Waals surface area (Å²) < 4.78 is 5.06. The lowest BCUT2D eigenvalue weighted by Gasteiger charge is -2.22. The number of carbonyl (C=O) groups is 3. The second-order valence-corrected chi connectivity index (χ2v) is 10.8. The number of aliphatic hydroxyl groups is 2. The van der Waals surface area contributed by atoms with Crippen molar-refractivity contribution in [1.29, 1.82) is 0 Å². The fourth-order valence-electron chi connectivity index (χ4n) is 5.05. The van der Waals surface area contributed by atoms with Crippen LogP contribution in [0.25, 0.3) is 0 Å². The van der Waals surface area contributed by atoms with Crippen LogP contribution in [0.15, 0.2) is 12.2 Å². The van der Waals surface area contributed by atoms with Crippen LogP contribution in [0.4, 0.5) is 0 Å². The van der Waals surface area contributed by atoms with E-state index >= 15 is 0 Å². The summed E-state index contributed by atoms with van der Waals surface area (Å²) in [6.07, 6.45) is 13.2. The first-order valence-electron chi connectivity index (χ1n) is 14.9. The van der Waals surface area contributed by atoms with Crippen LogP contribution in [0.1, 0.15) is 110 Å². The number of nitrogens with one attached hydrogen (secondary N) is 1. The van der Waals surface area contributed by atoms with Crippen LogP contribution in [0.3, 0.4) is 0 Å². The van der Waals surface area contributed by atoms with Crippen LogP contribution in [0.5, 0.6) is 0 Å². The summed E-state index contributed by atoms with van der Waals surface area (Å²) in [4.78, 5) is 50.6. The minimum atomic E-state index is -0.872. The summed E-state index contributed by atoms with van der Waals surface area (Å²) in [6, 6.07) is -0.793. The Labute approximate surface area is 238 Å². The Kier molecular flexibility index (Phi) is 18.9. The minimum Gasteiger partial charge on any atom is -0.464 e. The van der Waals surface area contributed by atoms with Crippen molar-refractivity contribution in [2.75, 3.05) is 13.2 Å². The van der Waals surface area contributed by atoms with Crippen molar-refractivity contribution >= 4 is 17.7 Å². The largest absolute Gasteiger partial charge is 0.464 e. The molecule has 0 aliphatic heterocycles. The van der Waals surface area contributed by atoms with Crippen LogP contribution in [-0.4, -0.2) is 64.4 Å². The van der Waals surface area contributed by atoms with Gasteiger partial charge in [0.2, 0.25) is 5.91 Å². The number of carbonyl (C=O) groups excluding carboxylic acids is 3. The molecule has 230 valence electrons. The van der Waals surface area contributed by atoms with Gasteiger partial charge in [-0.1, -0.05) is 44.8 Å². The first-order chi connectivity index (χ1) is 19.1. The standard InChI is InChI=1S/C29H50N2O9/c1-3-4-5-6-9-14-23(32)17-18-25-24(26(33)21-27(25)34)15-10-7-8-11-16-28(35)30-22(2)29(36)39-19-12-13-20-40-31(37)38/h7,10,22,24-27,33-34H,3-6,8-9,11-21H2,1-2H3,(H,30,35)/t22?,24-,25-,26+,27-/m1/s1. The second-order valence-electron chi connectivity index (χ2n) is 10.8. The predicted molar refractivity (Wildman–Crippen MR) is 150 cm³/mol. The molecule has 11 heteroatoms. The van der Waals surface area contributed by atoms with Gasteiger partial charge in [0.15, 0.2) is 0 Å². The number of ketones is 1. The van der Waals surface area contributed by atoms with E-state index in [0.717, 1.165) is 12.8 Å². The third-order valence-electron chi connectivity index (χ3n) is 7.40. The Morgan fingerprint density at radius 3 is 2.38 bits per heavy atom. The van der Waals surface area contributed by atoms with Gasteiger partial charge >= 0.3 is 5.97 Å². The van der Waals surface area contributed by atoms with Crippen molar-refractivity contribution in [3.63, 3.8) is 0 Å². The molecule has 0 spiro atoms. The zero-order valence-electron chi connectivity index (χ0n) is 24.3. The number of rotatable bonds is 23. The average Bonchev–Trinajstić information content (AvgIpc) is 3.17. The summed E-state index contributed by atoms with van der Waals surface area (Å²) >= 11 is 0. The first kappa shape index (κ1) is 35.5. The van der Waals surface area contributed by atoms with E-state index in [0.29, 0.717) is 57.8 Å². The molecular weight excluding hydrogens is 520 g/mol. The molecule has 0 aromatic heterocycles. The van der Waals surface area contributed by atoms with Gasteiger partial charge in [-0.15, -0.1) is 10.1 Å². The maximum Gasteiger partial charge on any atom is 0.328 e. The van der Waals surface area contributed by atoms with E-state index in [9.17, 15) is 34.7 Å². The normalized spacial score (nSPS) is 21.3. The molecule has 0 saturated heterocycles. The van der Waals surface area contributed by atoms with Crippen LogP contribution in [-0.2, 0) is 24.0 Å². The number of nitrogens with zero attached hydrogens (tertiary/aromatic N) is 1. The van der Waals surface area contributed by atoms with Crippen LogP contribution in [0.2, 0.25) is 0 Å². The molecule has 0 bridgehead atoms. The maximum atomic E-state index is 12.3. The lowest BCUT2D eigenvalue weighted by Crippen LogP contribution is -2.39. The Balaban J connectivity index is 2.24. The molecular formula is C29H50N2O9. The number of esters is 1. The molecule has 0 aromatic rings. The molecule has 5 atom stereocenters. The lowest BCUT2D eigenvalue weighted by atomic mass is 9.86. The van der Waals surface area contributed by atoms with Crippen LogP contribution >= 0.6 is 0 Å². The van der Waals surface area contributed by atoms with E-state index in [1.165, 1.54) is 26.2 Å². The Morgan fingerprint density at radius 1 is 0.950 bits per heavy atom. The van der Waals surface area contributed by atoms with Gasteiger partial charge in [-0.3, -0.25) is 9.59 Å². The summed E-state index contributed by atoms with van der Waals surface area (Å²) in [7, 11) is 0. The van der Waals surface area contributed by atoms with Gasteiger partial charge in [-0.05, 0) is 70.1 Å². The Bertz CT molecular complexity index is 789. The minimum absolute atomic E-state index is 0.0601. The van der Waals surface area contributed by atoms with E-state index in [1.807, 2.05) is 12.2 Å². The number of hydrogen-bond acceptors (Lipinski definition) is 9. The van der Waals surface area contributed by atoms with Gasteiger partial charge in [-0.25, -0.2) is 4.79 Å². The molecule has 3 N–H and O–H groups in total. The van der Waals surface area contributed by atoms with Gasteiger partial charge in [-0.2, -0.15) is 0 Å². The molecule has 1 rings (SSSR count). The zero-order valence-corrected chi connectivity index (χ0v) is 24.3. The van der Waals surface area contributed by atoms with Crippen molar-refractivity contribution in [1.82, 2.24) is 5.32 Å². The highest BCUT2D eigenvalue weighted by Gasteiger charge is 2.40. The van der Waals surface area contributed by atoms with E-state index in [-0.39, 0.29) is 43.2 Å². The van der Waals surface area contributed by atoms with Crippen molar-refractivity contribution in [2.45, 2.75) is 128 Å². The SMILES string of the molecule is CCCCCCCC(=O)CC[C@@H]1[C@@H](CC=CCCCC(=O)NC(C)C(=O)OCCCCO[N+](=O)[O-])[C@@H](O)C[C@H]1O. The number of amides is 1. The van der Waals surface area contributed by atoms with Gasteiger partial charge in [0.05, 0.1) is 25.4 Å². The molecule has 0 aromatic carbocycles. The number of hydrogen-bond donors (Lipinski definition) is 3. The summed E-state index contributed by atoms with van der Waals surface area (Å²) in [6.45, 7) is 3.73. The zero-order chi connectivity index (χ0) is 29.8. The average molecular weight is 571 g/mol. The fourth-order valence-corrected chi connectivity index (χ4v) is 5.05. The molecule has 40 heavy (non-hydrogen) atoms. The first-order valence-corrected chi connectivity index (χ1v) is 14.9. The molecule has 1 aliphatic rings. The van der Waals surface area contributed by atoms with Gasteiger partial charge in [0.1, 0.15) is 11.8 Å². The van der Waals surface area contributed by atoms with Crippen molar-refractivity contribution in [2.24, 2.45) is 11.8 Å². The highest BCUT2D eigenvalue weighted by Crippen LogP contribution is 2.38. The molecule has 1 saturated carbocycles. The summed E-state index contributed by atoms with van der Waals surface area (Å²) in [5.74, 6) is -0.768. The van der Waals surface area contributed by atoms with Crippen molar-refractivity contribution in [3.05, 3.63) is 22.3 Å². The molecule has 1 aliphatic carbocycles. The highest BCUT2D eigenvalue weighted by molar-refractivity contribution is 5.84. The number of Topliss-reactive ketones (excluding diaryl/α,β-unsaturated/α-hetero) is 1. The van der Waals surface area contributed by atoms with Gasteiger partial charge in [0.25, 0.3) is 5.09 Å². The Hall–Kier alpha value is -2.53. The molecule has 1 fully saturated rings. The summed E-state index contributed by atoms with van der Waals surface area (Å²) in [5.41, 5.74) is 0. The number of allylic oxidation sites excluding steroid dienone is 2. The lowest BCUT2D eigenvalue weighted by molar-refractivity contribution is -0.757. The van der Waals surface area contributed by atoms with E-state index in [4.69, 9.17) is 4.74 Å². The highest BCUT2D eigenvalue weighted by atomic mass is 16.9. The number of aliphatic hydroxyl groups excluding tert-OH is 2. The van der Waals surface area contributed by atoms with Crippen molar-refractivity contribution in [3.8, 4) is 0 Å². The third kappa shape index (κ3) is 15.9. The second kappa shape index (κ2) is 21.2. The third-order valence-corrected chi connectivity index (χ3v) is 7.40. The number of ether oxygens (including phenoxy) is 1. The fraction of sp³-hybridized carbons (Fsp3) is 0.828. The Morgan fingerprint density at radius 2 is 1.65 bits per heavy atom. The predicted octanol–water partition coefficient (Wildman–Crippen LogP) is 4.21. The smallest absolute Gasteiger partial charge is 0.328 e. The molecule has 0 radical (unpaired) electrons. The van der Waals surface area contributed by atoms with Crippen molar-refractivity contribution < 1.29 is 39.3 Å². The molecule has 1 unspecified atom stereocenters. The molecule has 11 nitrogen and oxygen atoms in total. The summed E-state index contributed by atoms with van der Waals surface area (Å²) in [5, 5.41) is 32.7. The van der Waals surface area contributed by atoms with Crippen LogP contribution in [0, 0.1) is 22.0 Å². The maximum absolute atomic E-state index is 12.3. The van der Waals surface area contributed by atoms with Gasteiger partial charge in [0, 0.05) is 19.3 Å². The van der Waals surface area contributed by atoms with E-state index in [2.05, 4.69) is 17.1 Å². The molecule has 0 heterocycles. The van der Waals surface area contributed by atoms with E-state index < -0.39 is 29.3 Å². The molecule has 1 amide bonds. The van der Waals surface area contributed by atoms with Crippen LogP contribution < -0.4 is 5.32 Å². The topological polar surface area (TPSA) is 165 Å².